The number of oxazole rings is 1. The zero-order valence-electron chi connectivity index (χ0n) is 8.18. The summed E-state index contributed by atoms with van der Waals surface area (Å²) in [7, 11) is 0. The zero-order valence-corrected chi connectivity index (χ0v) is 9.77. The molecule has 0 amide bonds. The number of hydrogen-bond acceptors (Lipinski definition) is 3. The van der Waals surface area contributed by atoms with Crippen molar-refractivity contribution in [2.75, 3.05) is 0 Å². The number of benzene rings is 1. The van der Waals surface area contributed by atoms with E-state index in [9.17, 15) is 4.79 Å². The van der Waals surface area contributed by atoms with E-state index in [0.717, 1.165) is 17.2 Å². The molecule has 1 aromatic carbocycles. The molecule has 1 aromatic heterocycles. The minimum atomic E-state index is -1.03. The highest BCUT2D eigenvalue weighted by Crippen LogP contribution is 2.22. The van der Waals surface area contributed by atoms with Gasteiger partial charge in [0, 0.05) is 23.0 Å². The number of hydrogen-bond donors (Lipinski definition) is 1. The molecule has 0 fully saturated rings. The number of alkyl halides is 1. The molecule has 0 saturated heterocycles. The SMILES string of the molecule is O=C(O)/C=C/c1nc2cccc(CBr)c2o1. The molecular formula is C11H8BrNO3. The molecule has 1 N–H and O–H groups in total. The van der Waals surface area contributed by atoms with E-state index < -0.39 is 5.97 Å². The largest absolute Gasteiger partial charge is 0.478 e. The second-order valence-electron chi connectivity index (χ2n) is 3.12. The minimum absolute atomic E-state index is 0.297. The lowest BCUT2D eigenvalue weighted by Gasteiger charge is -1.93. The first-order valence-electron chi connectivity index (χ1n) is 4.56. The fraction of sp³-hybridized carbons (Fsp3) is 0.0909. The van der Waals surface area contributed by atoms with Crippen molar-refractivity contribution in [2.24, 2.45) is 0 Å². The smallest absolute Gasteiger partial charge is 0.328 e. The van der Waals surface area contributed by atoms with Crippen molar-refractivity contribution in [3.8, 4) is 0 Å². The van der Waals surface area contributed by atoms with Gasteiger partial charge in [0.05, 0.1) is 0 Å². The van der Waals surface area contributed by atoms with Gasteiger partial charge in [0.2, 0.25) is 5.89 Å². The summed E-state index contributed by atoms with van der Waals surface area (Å²) in [5, 5.41) is 9.15. The molecule has 0 saturated carbocycles. The van der Waals surface area contributed by atoms with Crippen molar-refractivity contribution in [2.45, 2.75) is 5.33 Å². The highest BCUT2D eigenvalue weighted by molar-refractivity contribution is 9.08. The molecule has 0 aliphatic rings. The summed E-state index contributed by atoms with van der Waals surface area (Å²) >= 11 is 3.35. The Hall–Kier alpha value is -1.62. The Morgan fingerprint density at radius 1 is 1.56 bits per heavy atom. The molecule has 0 aliphatic carbocycles. The normalized spacial score (nSPS) is 11.3. The van der Waals surface area contributed by atoms with E-state index in [1.807, 2.05) is 18.2 Å². The quantitative estimate of drug-likeness (QED) is 0.694. The Labute approximate surface area is 99.7 Å². The fourth-order valence-corrected chi connectivity index (χ4v) is 1.78. The molecule has 0 aliphatic heterocycles. The van der Waals surface area contributed by atoms with Gasteiger partial charge in [-0.25, -0.2) is 9.78 Å². The van der Waals surface area contributed by atoms with Crippen LogP contribution >= 0.6 is 15.9 Å². The zero-order chi connectivity index (χ0) is 11.5. The molecule has 0 radical (unpaired) electrons. The van der Waals surface area contributed by atoms with E-state index in [1.165, 1.54) is 6.08 Å². The second-order valence-corrected chi connectivity index (χ2v) is 3.68. The topological polar surface area (TPSA) is 63.3 Å². The summed E-state index contributed by atoms with van der Waals surface area (Å²) in [6, 6.07) is 5.63. The van der Waals surface area contributed by atoms with Gasteiger partial charge in [-0.3, -0.25) is 0 Å². The van der Waals surface area contributed by atoms with Gasteiger partial charge in [0.25, 0.3) is 0 Å². The van der Waals surface area contributed by atoms with Crippen molar-refractivity contribution in [3.05, 3.63) is 35.7 Å². The van der Waals surface area contributed by atoms with Gasteiger partial charge in [0.15, 0.2) is 5.58 Å². The summed E-state index contributed by atoms with van der Waals surface area (Å²) in [5.41, 5.74) is 2.39. The number of carboxylic acid groups (broad SMARTS) is 1. The first kappa shape index (κ1) is 10.9. The molecule has 0 atom stereocenters. The Morgan fingerprint density at radius 3 is 3.06 bits per heavy atom. The van der Waals surface area contributed by atoms with Crippen LogP contribution in [0.5, 0.6) is 0 Å². The monoisotopic (exact) mass is 281 g/mol. The number of halogens is 1. The van der Waals surface area contributed by atoms with Gasteiger partial charge in [-0.1, -0.05) is 28.1 Å². The average molecular weight is 282 g/mol. The number of carbonyl (C=O) groups is 1. The Bertz CT molecular complexity index is 559. The van der Waals surface area contributed by atoms with Crippen LogP contribution < -0.4 is 0 Å². The molecule has 5 heteroatoms. The van der Waals surface area contributed by atoms with Gasteiger partial charge in [-0.2, -0.15) is 0 Å². The highest BCUT2D eigenvalue weighted by Gasteiger charge is 2.07. The number of aromatic nitrogens is 1. The van der Waals surface area contributed by atoms with Crippen LogP contribution in [0.1, 0.15) is 11.5 Å². The number of nitrogens with zero attached hydrogens (tertiary/aromatic N) is 1. The summed E-state index contributed by atoms with van der Waals surface area (Å²) in [4.78, 5) is 14.5. The number of para-hydroxylation sites is 1. The first-order chi connectivity index (χ1) is 7.70. The van der Waals surface area contributed by atoms with Crippen molar-refractivity contribution in [3.63, 3.8) is 0 Å². The second kappa shape index (κ2) is 4.49. The Kier molecular flexibility index (Phi) is 3.05. The molecule has 0 unspecified atom stereocenters. The molecule has 1 heterocycles. The standard InChI is InChI=1S/C11H8BrNO3/c12-6-7-2-1-3-8-11(7)16-9(13-8)4-5-10(14)15/h1-5H,6H2,(H,14,15)/b5-4+. The van der Waals surface area contributed by atoms with Crippen LogP contribution in [-0.4, -0.2) is 16.1 Å². The van der Waals surface area contributed by atoms with Gasteiger partial charge in [-0.05, 0) is 6.07 Å². The third kappa shape index (κ3) is 2.14. The maximum atomic E-state index is 10.3. The molecule has 2 rings (SSSR count). The highest BCUT2D eigenvalue weighted by atomic mass is 79.9. The van der Waals surface area contributed by atoms with Gasteiger partial charge in [0.1, 0.15) is 5.52 Å². The lowest BCUT2D eigenvalue weighted by Crippen LogP contribution is -1.85. The lowest BCUT2D eigenvalue weighted by atomic mass is 10.2. The first-order valence-corrected chi connectivity index (χ1v) is 5.68. The molecule has 0 bridgehead atoms. The van der Waals surface area contributed by atoms with Crippen LogP contribution in [0.2, 0.25) is 0 Å². The Balaban J connectivity index is 2.47. The van der Waals surface area contributed by atoms with Gasteiger partial charge < -0.3 is 9.52 Å². The summed E-state index contributed by atoms with van der Waals surface area (Å²) in [6.07, 6.45) is 2.33. The van der Waals surface area contributed by atoms with E-state index in [4.69, 9.17) is 9.52 Å². The Morgan fingerprint density at radius 2 is 2.38 bits per heavy atom. The lowest BCUT2D eigenvalue weighted by molar-refractivity contribution is -0.131. The predicted octanol–water partition coefficient (Wildman–Crippen LogP) is 2.82. The summed E-state index contributed by atoms with van der Waals surface area (Å²) in [5.74, 6) is -0.728. The molecule has 82 valence electrons. The molecule has 0 spiro atoms. The van der Waals surface area contributed by atoms with Crippen LogP contribution in [0.4, 0.5) is 0 Å². The molecule has 2 aromatic rings. The maximum absolute atomic E-state index is 10.3. The van der Waals surface area contributed by atoms with E-state index in [2.05, 4.69) is 20.9 Å². The van der Waals surface area contributed by atoms with E-state index >= 15 is 0 Å². The molecule has 16 heavy (non-hydrogen) atoms. The number of aliphatic carboxylic acids is 1. The number of rotatable bonds is 3. The van der Waals surface area contributed by atoms with Crippen molar-refractivity contribution in [1.82, 2.24) is 4.98 Å². The fourth-order valence-electron chi connectivity index (χ4n) is 1.34. The third-order valence-electron chi connectivity index (χ3n) is 2.03. The van der Waals surface area contributed by atoms with Crippen molar-refractivity contribution >= 4 is 39.1 Å². The van der Waals surface area contributed by atoms with Crippen LogP contribution in [0, 0.1) is 0 Å². The number of fused-ring (bicyclic) bond motifs is 1. The van der Waals surface area contributed by atoms with E-state index in [1.54, 1.807) is 0 Å². The minimum Gasteiger partial charge on any atom is -0.478 e. The summed E-state index contributed by atoms with van der Waals surface area (Å²) in [6.45, 7) is 0. The average Bonchev–Trinajstić information content (AvgIpc) is 2.68. The molecule has 4 nitrogen and oxygen atoms in total. The van der Waals surface area contributed by atoms with Crippen LogP contribution in [-0.2, 0) is 10.1 Å². The number of carboxylic acids is 1. The maximum Gasteiger partial charge on any atom is 0.328 e. The van der Waals surface area contributed by atoms with Crippen LogP contribution in [0.15, 0.2) is 28.7 Å². The van der Waals surface area contributed by atoms with Crippen molar-refractivity contribution < 1.29 is 14.3 Å². The predicted molar refractivity (Wildman–Crippen MR) is 63.3 cm³/mol. The third-order valence-corrected chi connectivity index (χ3v) is 2.63. The van der Waals surface area contributed by atoms with E-state index in [0.29, 0.717) is 16.8 Å². The summed E-state index contributed by atoms with van der Waals surface area (Å²) < 4.78 is 5.45. The van der Waals surface area contributed by atoms with Crippen LogP contribution in [0.25, 0.3) is 17.2 Å². The van der Waals surface area contributed by atoms with Gasteiger partial charge in [-0.15, -0.1) is 0 Å². The van der Waals surface area contributed by atoms with Crippen molar-refractivity contribution in [1.29, 1.82) is 0 Å². The van der Waals surface area contributed by atoms with E-state index in [-0.39, 0.29) is 0 Å². The van der Waals surface area contributed by atoms with Gasteiger partial charge >= 0.3 is 5.97 Å². The molecular weight excluding hydrogens is 274 g/mol. The van der Waals surface area contributed by atoms with Crippen LogP contribution in [0.3, 0.4) is 0 Å².